The number of rotatable bonds is 2. The van der Waals surface area contributed by atoms with Gasteiger partial charge in [0.05, 0.1) is 0 Å². The second-order valence-electron chi connectivity index (χ2n) is 0.870. The van der Waals surface area contributed by atoms with Gasteiger partial charge >= 0.3 is 6.09 Å². The van der Waals surface area contributed by atoms with Gasteiger partial charge < -0.3 is 10.5 Å². The Morgan fingerprint density at radius 2 is 2.57 bits per heavy atom. The lowest BCUT2D eigenvalue weighted by Crippen LogP contribution is -2.11. The van der Waals surface area contributed by atoms with Crippen LogP contribution in [0, 0.1) is 0 Å². The Bertz CT molecular complexity index is 66.0. The van der Waals surface area contributed by atoms with Crippen molar-refractivity contribution in [3.8, 4) is 0 Å². The molecule has 0 aromatic carbocycles. The normalized spacial score (nSPS) is 8.14. The monoisotopic (exact) mass is 121 g/mol. The summed E-state index contributed by atoms with van der Waals surface area (Å²) in [5.74, 6) is 0.343. The lowest BCUT2D eigenvalue weighted by atomic mass is 11.2. The number of ether oxygens (including phenoxy) is 1. The number of thioether (sulfide) groups is 1. The van der Waals surface area contributed by atoms with Gasteiger partial charge in [-0.1, -0.05) is 0 Å². The number of hydrogen-bond acceptors (Lipinski definition) is 3. The van der Waals surface area contributed by atoms with Gasteiger partial charge in [0, 0.05) is 0 Å². The molecule has 7 heavy (non-hydrogen) atoms. The summed E-state index contributed by atoms with van der Waals surface area (Å²) in [5.41, 5.74) is 4.60. The smallest absolute Gasteiger partial charge is 0.405 e. The molecule has 0 aromatic heterocycles. The van der Waals surface area contributed by atoms with E-state index in [0.29, 0.717) is 5.94 Å². The van der Waals surface area contributed by atoms with Gasteiger partial charge in [0.1, 0.15) is 5.94 Å². The Hall–Kier alpha value is -0.380. The van der Waals surface area contributed by atoms with Crippen molar-refractivity contribution >= 4 is 17.9 Å². The fraction of sp³-hybridized carbons (Fsp3) is 0.667. The van der Waals surface area contributed by atoms with E-state index in [2.05, 4.69) is 10.5 Å². The molecule has 0 rings (SSSR count). The minimum Gasteiger partial charge on any atom is -0.439 e. The third-order valence-corrected chi connectivity index (χ3v) is 0.673. The maximum absolute atomic E-state index is 9.74. The number of primary amides is 1. The first-order valence-electron chi connectivity index (χ1n) is 1.68. The molecular formula is C3H7NO2S. The van der Waals surface area contributed by atoms with Crippen LogP contribution in [0.5, 0.6) is 0 Å². The average Bonchev–Trinajstić information content (AvgIpc) is 1.61. The van der Waals surface area contributed by atoms with Crippen LogP contribution >= 0.6 is 11.8 Å². The summed E-state index contributed by atoms with van der Waals surface area (Å²) in [7, 11) is 0. The number of amides is 1. The van der Waals surface area contributed by atoms with Crippen LogP contribution in [0.25, 0.3) is 0 Å². The molecule has 0 saturated heterocycles. The highest BCUT2D eigenvalue weighted by Gasteiger charge is 1.86. The highest BCUT2D eigenvalue weighted by atomic mass is 32.2. The first-order chi connectivity index (χ1) is 3.27. The van der Waals surface area contributed by atoms with Crippen molar-refractivity contribution in [3.05, 3.63) is 0 Å². The Kier molecular flexibility index (Phi) is 3.59. The number of carbonyl (C=O) groups excluding carboxylic acids is 1. The SMILES string of the molecule is CSCOC(N)=O. The maximum atomic E-state index is 9.74. The molecule has 0 aliphatic carbocycles. The summed E-state index contributed by atoms with van der Waals surface area (Å²) in [6.07, 6.45) is 1.11. The Morgan fingerprint density at radius 3 is 2.71 bits per heavy atom. The lowest BCUT2D eigenvalue weighted by Gasteiger charge is -1.93. The molecule has 2 N–H and O–H groups in total. The largest absolute Gasteiger partial charge is 0.439 e. The number of nitrogens with two attached hydrogens (primary N) is 1. The van der Waals surface area contributed by atoms with E-state index >= 15 is 0 Å². The zero-order chi connectivity index (χ0) is 5.70. The van der Waals surface area contributed by atoms with Gasteiger partial charge in [-0.15, -0.1) is 11.8 Å². The number of carbonyl (C=O) groups is 1. The van der Waals surface area contributed by atoms with Crippen LogP contribution in [0.2, 0.25) is 0 Å². The van der Waals surface area contributed by atoms with E-state index in [1.807, 2.05) is 6.26 Å². The second-order valence-corrected chi connectivity index (χ2v) is 1.68. The van der Waals surface area contributed by atoms with Crippen molar-refractivity contribution in [3.63, 3.8) is 0 Å². The molecule has 0 bridgehead atoms. The minimum absolute atomic E-state index is 0.343. The summed E-state index contributed by atoms with van der Waals surface area (Å²) in [5, 5.41) is 0. The second kappa shape index (κ2) is 3.80. The van der Waals surface area contributed by atoms with Gasteiger partial charge in [0.2, 0.25) is 0 Å². The van der Waals surface area contributed by atoms with Crippen molar-refractivity contribution in [2.75, 3.05) is 12.2 Å². The minimum atomic E-state index is -0.714. The fourth-order valence-corrected chi connectivity index (χ4v) is 0.351. The van der Waals surface area contributed by atoms with Gasteiger partial charge in [-0.05, 0) is 6.26 Å². The molecule has 0 atom stereocenters. The molecular weight excluding hydrogens is 114 g/mol. The standard InChI is InChI=1S/C3H7NO2S/c1-7-2-6-3(4)5/h2H2,1H3,(H2,4,5). The molecule has 0 aromatic rings. The molecule has 0 aliphatic rings. The molecule has 0 aliphatic heterocycles. The zero-order valence-corrected chi connectivity index (χ0v) is 4.83. The van der Waals surface area contributed by atoms with Gasteiger partial charge in [-0.2, -0.15) is 0 Å². The molecule has 0 spiro atoms. The van der Waals surface area contributed by atoms with E-state index in [4.69, 9.17) is 0 Å². The highest BCUT2D eigenvalue weighted by molar-refractivity contribution is 7.98. The van der Waals surface area contributed by atoms with Gasteiger partial charge in [0.15, 0.2) is 0 Å². The van der Waals surface area contributed by atoms with E-state index in [1.165, 1.54) is 11.8 Å². The van der Waals surface area contributed by atoms with Crippen molar-refractivity contribution in [2.45, 2.75) is 0 Å². The molecule has 3 nitrogen and oxygen atoms in total. The summed E-state index contributed by atoms with van der Waals surface area (Å²) < 4.78 is 4.29. The molecule has 42 valence electrons. The van der Waals surface area contributed by atoms with Crippen molar-refractivity contribution in [2.24, 2.45) is 5.73 Å². The maximum Gasteiger partial charge on any atom is 0.405 e. The first-order valence-corrected chi connectivity index (χ1v) is 3.08. The van der Waals surface area contributed by atoms with E-state index < -0.39 is 6.09 Å². The predicted molar refractivity (Wildman–Crippen MR) is 29.1 cm³/mol. The lowest BCUT2D eigenvalue weighted by molar-refractivity contribution is 0.177. The first kappa shape index (κ1) is 6.62. The van der Waals surface area contributed by atoms with Crippen LogP contribution in [0.15, 0.2) is 0 Å². The van der Waals surface area contributed by atoms with Gasteiger partial charge in [-0.25, -0.2) is 4.79 Å². The topological polar surface area (TPSA) is 52.3 Å². The Balaban J connectivity index is 2.82. The summed E-state index contributed by atoms with van der Waals surface area (Å²) in [6, 6.07) is 0. The molecule has 0 radical (unpaired) electrons. The third kappa shape index (κ3) is 5.62. The zero-order valence-electron chi connectivity index (χ0n) is 4.01. The van der Waals surface area contributed by atoms with Crippen LogP contribution in [-0.2, 0) is 4.74 Å². The van der Waals surface area contributed by atoms with Gasteiger partial charge in [-0.3, -0.25) is 0 Å². The van der Waals surface area contributed by atoms with Crippen LogP contribution in [0.1, 0.15) is 0 Å². The van der Waals surface area contributed by atoms with Crippen LogP contribution in [0.3, 0.4) is 0 Å². The van der Waals surface area contributed by atoms with E-state index in [-0.39, 0.29) is 0 Å². The van der Waals surface area contributed by atoms with E-state index in [9.17, 15) is 4.79 Å². The molecule has 1 amide bonds. The molecule has 0 heterocycles. The molecule has 0 unspecified atom stereocenters. The van der Waals surface area contributed by atoms with Crippen LogP contribution in [-0.4, -0.2) is 18.3 Å². The van der Waals surface area contributed by atoms with Crippen LogP contribution in [0.4, 0.5) is 4.79 Å². The molecule has 0 fully saturated rings. The third-order valence-electron chi connectivity index (χ3n) is 0.319. The van der Waals surface area contributed by atoms with Crippen molar-refractivity contribution in [1.29, 1.82) is 0 Å². The highest BCUT2D eigenvalue weighted by Crippen LogP contribution is 1.89. The molecule has 4 heteroatoms. The predicted octanol–water partition coefficient (Wildman–Crippen LogP) is 0.402. The van der Waals surface area contributed by atoms with Crippen LogP contribution < -0.4 is 5.73 Å². The average molecular weight is 121 g/mol. The summed E-state index contributed by atoms with van der Waals surface area (Å²) in [4.78, 5) is 9.74. The quantitative estimate of drug-likeness (QED) is 0.538. The van der Waals surface area contributed by atoms with Crippen molar-refractivity contribution < 1.29 is 9.53 Å². The van der Waals surface area contributed by atoms with E-state index in [1.54, 1.807) is 0 Å². The van der Waals surface area contributed by atoms with Crippen molar-refractivity contribution in [1.82, 2.24) is 0 Å². The Morgan fingerprint density at radius 1 is 2.00 bits per heavy atom. The van der Waals surface area contributed by atoms with E-state index in [0.717, 1.165) is 0 Å². The Labute approximate surface area is 46.2 Å². The summed E-state index contributed by atoms with van der Waals surface area (Å²) in [6.45, 7) is 0. The fourth-order valence-electron chi connectivity index (χ4n) is 0.117. The summed E-state index contributed by atoms with van der Waals surface area (Å²) >= 11 is 1.41. The number of hydrogen-bond donors (Lipinski definition) is 1. The van der Waals surface area contributed by atoms with Gasteiger partial charge in [0.25, 0.3) is 0 Å². The molecule has 0 saturated carbocycles.